The van der Waals surface area contributed by atoms with Crippen LogP contribution in [-0.2, 0) is 14.3 Å². The number of amides is 1. The molecule has 0 heterocycles. The second-order valence-electron chi connectivity index (χ2n) is 6.57. The zero-order valence-corrected chi connectivity index (χ0v) is 19.3. The van der Waals surface area contributed by atoms with E-state index in [0.29, 0.717) is 33.8 Å². The van der Waals surface area contributed by atoms with Crippen molar-refractivity contribution >= 4 is 39.6 Å². The van der Waals surface area contributed by atoms with Gasteiger partial charge in [-0.05, 0) is 72.1 Å². The summed E-state index contributed by atoms with van der Waals surface area (Å²) in [5.74, 6) is -0.371. The molecule has 0 aliphatic carbocycles. The van der Waals surface area contributed by atoms with Crippen molar-refractivity contribution in [1.29, 1.82) is 5.26 Å². The predicted octanol–water partition coefficient (Wildman–Crippen LogP) is 4.56. The number of aryl methyl sites for hydroxylation is 2. The molecule has 7 nitrogen and oxygen atoms in total. The lowest BCUT2D eigenvalue weighted by Crippen LogP contribution is -2.14. The molecule has 0 bridgehead atoms. The largest absolute Gasteiger partial charge is 0.490 e. The monoisotopic (exact) mass is 486 g/mol. The van der Waals surface area contributed by atoms with E-state index >= 15 is 0 Å². The number of carbonyl (C=O) groups is 2. The average Bonchev–Trinajstić information content (AvgIpc) is 2.73. The molecule has 0 aromatic heterocycles. The minimum absolute atomic E-state index is 0.0717. The van der Waals surface area contributed by atoms with Gasteiger partial charge in [-0.2, -0.15) is 5.26 Å². The van der Waals surface area contributed by atoms with Crippen LogP contribution in [0, 0.1) is 25.2 Å². The molecule has 0 atom stereocenters. The van der Waals surface area contributed by atoms with Crippen LogP contribution in [0.2, 0.25) is 0 Å². The van der Waals surface area contributed by atoms with E-state index in [1.54, 1.807) is 25.1 Å². The molecular weight excluding hydrogens is 464 g/mol. The second kappa shape index (κ2) is 11.2. The number of nitrogens with one attached hydrogen (secondary N) is 1. The lowest BCUT2D eigenvalue weighted by molar-refractivity contribution is -0.142. The molecule has 8 heteroatoms. The van der Waals surface area contributed by atoms with Gasteiger partial charge >= 0.3 is 5.97 Å². The molecule has 0 spiro atoms. The van der Waals surface area contributed by atoms with Crippen LogP contribution < -0.4 is 14.8 Å². The van der Waals surface area contributed by atoms with Crippen LogP contribution in [0.1, 0.15) is 23.6 Å². The third kappa shape index (κ3) is 6.59. The summed E-state index contributed by atoms with van der Waals surface area (Å²) >= 11 is 3.39. The highest BCUT2D eigenvalue weighted by Gasteiger charge is 2.16. The Kier molecular flexibility index (Phi) is 8.64. The lowest BCUT2D eigenvalue weighted by atomic mass is 10.1. The van der Waals surface area contributed by atoms with Crippen molar-refractivity contribution in [1.82, 2.24) is 0 Å². The third-order valence-corrected chi connectivity index (χ3v) is 4.79. The molecule has 1 amide bonds. The van der Waals surface area contributed by atoms with Gasteiger partial charge in [-0.15, -0.1) is 0 Å². The summed E-state index contributed by atoms with van der Waals surface area (Å²) in [6.07, 6.45) is 1.45. The van der Waals surface area contributed by atoms with Gasteiger partial charge in [0, 0.05) is 5.69 Å². The first-order valence-corrected chi connectivity index (χ1v) is 10.2. The number of nitriles is 1. The van der Waals surface area contributed by atoms with Gasteiger partial charge in [-0.3, -0.25) is 4.79 Å². The van der Waals surface area contributed by atoms with Crippen LogP contribution in [-0.4, -0.2) is 32.2 Å². The maximum atomic E-state index is 12.6. The summed E-state index contributed by atoms with van der Waals surface area (Å²) < 4.78 is 16.2. The summed E-state index contributed by atoms with van der Waals surface area (Å²) in [6, 6.07) is 10.9. The van der Waals surface area contributed by atoms with Gasteiger partial charge in [0.1, 0.15) is 11.6 Å². The van der Waals surface area contributed by atoms with Gasteiger partial charge in [-0.25, -0.2) is 4.79 Å². The van der Waals surface area contributed by atoms with Gasteiger partial charge in [0.25, 0.3) is 5.91 Å². The van der Waals surface area contributed by atoms with Gasteiger partial charge in [0.15, 0.2) is 18.1 Å². The smallest absolute Gasteiger partial charge is 0.343 e. The zero-order valence-electron chi connectivity index (χ0n) is 17.7. The van der Waals surface area contributed by atoms with Gasteiger partial charge < -0.3 is 19.5 Å². The van der Waals surface area contributed by atoms with Crippen molar-refractivity contribution in [2.45, 2.75) is 20.8 Å². The number of halogens is 1. The minimum atomic E-state index is -0.534. The van der Waals surface area contributed by atoms with Crippen molar-refractivity contribution in [2.24, 2.45) is 0 Å². The van der Waals surface area contributed by atoms with Crippen LogP contribution >= 0.6 is 15.9 Å². The molecule has 0 fully saturated rings. The van der Waals surface area contributed by atoms with Crippen molar-refractivity contribution in [3.05, 3.63) is 57.1 Å². The second-order valence-corrected chi connectivity index (χ2v) is 7.42. The Bertz CT molecular complexity index is 1060. The molecule has 2 aromatic carbocycles. The molecule has 2 aromatic rings. The Morgan fingerprint density at radius 2 is 1.94 bits per heavy atom. The number of carbonyl (C=O) groups excluding carboxylic acids is 2. The van der Waals surface area contributed by atoms with Crippen molar-refractivity contribution in [3.63, 3.8) is 0 Å². The first-order valence-electron chi connectivity index (χ1n) is 9.45. The Hall–Kier alpha value is -3.31. The normalized spacial score (nSPS) is 10.8. The molecule has 0 saturated carbocycles. The molecule has 31 heavy (non-hydrogen) atoms. The number of nitrogens with zero attached hydrogens (tertiary/aromatic N) is 1. The van der Waals surface area contributed by atoms with E-state index in [-0.39, 0.29) is 12.2 Å². The quantitative estimate of drug-likeness (QED) is 0.333. The van der Waals surface area contributed by atoms with E-state index in [9.17, 15) is 14.9 Å². The molecule has 0 saturated heterocycles. The Labute approximate surface area is 189 Å². The van der Waals surface area contributed by atoms with Gasteiger partial charge in [0.05, 0.1) is 18.2 Å². The highest BCUT2D eigenvalue weighted by molar-refractivity contribution is 9.10. The van der Waals surface area contributed by atoms with Crippen LogP contribution in [0.25, 0.3) is 6.08 Å². The summed E-state index contributed by atoms with van der Waals surface area (Å²) in [7, 11) is 1.27. The Balaban J connectivity index is 2.33. The van der Waals surface area contributed by atoms with Crippen LogP contribution in [0.5, 0.6) is 11.5 Å². The molecule has 0 aliphatic rings. The fourth-order valence-corrected chi connectivity index (χ4v) is 3.30. The van der Waals surface area contributed by atoms with E-state index in [0.717, 1.165) is 11.1 Å². The summed E-state index contributed by atoms with van der Waals surface area (Å²) in [5.41, 5.74) is 3.10. The number of benzene rings is 2. The number of esters is 1. The van der Waals surface area contributed by atoms with E-state index in [1.807, 2.05) is 32.0 Å². The maximum Gasteiger partial charge on any atom is 0.343 e. The Morgan fingerprint density at radius 1 is 1.19 bits per heavy atom. The average molecular weight is 487 g/mol. The van der Waals surface area contributed by atoms with E-state index < -0.39 is 11.9 Å². The summed E-state index contributed by atoms with van der Waals surface area (Å²) in [6.45, 7) is 5.72. The highest BCUT2D eigenvalue weighted by atomic mass is 79.9. The SMILES string of the molecule is CCOc1cc(/C=C(\C#N)C(=O)Nc2ccc(C)cc2C)cc(Br)c1OCC(=O)OC. The lowest BCUT2D eigenvalue weighted by Gasteiger charge is -2.14. The minimum Gasteiger partial charge on any atom is -0.490 e. The Morgan fingerprint density at radius 3 is 2.55 bits per heavy atom. The number of anilines is 1. The standard InChI is InChI=1S/C23H23BrN2O5/c1-5-30-20-11-16(10-18(24)22(20)31-13-21(27)29-4)9-17(12-25)23(28)26-19-7-6-14(2)8-15(19)3/h6-11H,5,13H2,1-4H3,(H,26,28)/b17-9+. The third-order valence-electron chi connectivity index (χ3n) is 4.20. The predicted molar refractivity (Wildman–Crippen MR) is 121 cm³/mol. The highest BCUT2D eigenvalue weighted by Crippen LogP contribution is 2.37. The molecule has 0 aliphatic heterocycles. The van der Waals surface area contributed by atoms with E-state index in [4.69, 9.17) is 9.47 Å². The number of rotatable bonds is 8. The summed E-state index contributed by atoms with van der Waals surface area (Å²) in [5, 5.41) is 12.3. The summed E-state index contributed by atoms with van der Waals surface area (Å²) in [4.78, 5) is 24.0. The fourth-order valence-electron chi connectivity index (χ4n) is 2.72. The molecular formula is C23H23BrN2O5. The fraction of sp³-hybridized carbons (Fsp3) is 0.261. The van der Waals surface area contributed by atoms with Crippen molar-refractivity contribution in [3.8, 4) is 17.6 Å². The van der Waals surface area contributed by atoms with Crippen molar-refractivity contribution < 1.29 is 23.8 Å². The molecule has 0 radical (unpaired) electrons. The van der Waals surface area contributed by atoms with Crippen molar-refractivity contribution in [2.75, 3.05) is 25.6 Å². The van der Waals surface area contributed by atoms with Crippen LogP contribution in [0.15, 0.2) is 40.4 Å². The van der Waals surface area contributed by atoms with Gasteiger partial charge in [0.2, 0.25) is 0 Å². The number of hydrogen-bond donors (Lipinski definition) is 1. The van der Waals surface area contributed by atoms with Gasteiger partial charge in [-0.1, -0.05) is 17.7 Å². The first kappa shape index (κ1) is 24.0. The zero-order chi connectivity index (χ0) is 23.0. The number of hydrogen-bond acceptors (Lipinski definition) is 6. The van der Waals surface area contributed by atoms with E-state index in [1.165, 1.54) is 13.2 Å². The van der Waals surface area contributed by atoms with E-state index in [2.05, 4.69) is 26.0 Å². The molecule has 1 N–H and O–H groups in total. The number of methoxy groups -OCH3 is 1. The molecule has 2 rings (SSSR count). The van der Waals surface area contributed by atoms with Crippen LogP contribution in [0.4, 0.5) is 5.69 Å². The molecule has 162 valence electrons. The topological polar surface area (TPSA) is 97.6 Å². The van der Waals surface area contributed by atoms with Crippen LogP contribution in [0.3, 0.4) is 0 Å². The number of ether oxygens (including phenoxy) is 3. The first-order chi connectivity index (χ1) is 14.8. The molecule has 0 unspecified atom stereocenters. The maximum absolute atomic E-state index is 12.6.